The fourth-order valence-electron chi connectivity index (χ4n) is 3.46. The van der Waals surface area contributed by atoms with Crippen molar-refractivity contribution in [3.05, 3.63) is 59.5 Å². The summed E-state index contributed by atoms with van der Waals surface area (Å²) in [4.78, 5) is 17.8. The van der Waals surface area contributed by atoms with Crippen LogP contribution in [-0.2, 0) is 27.8 Å². The summed E-state index contributed by atoms with van der Waals surface area (Å²) in [5.74, 6) is 0.570. The van der Waals surface area contributed by atoms with E-state index in [2.05, 4.69) is 10.1 Å². The number of sulfonamides is 1. The molecule has 0 saturated heterocycles. The first-order valence-corrected chi connectivity index (χ1v) is 11.0. The van der Waals surface area contributed by atoms with Crippen molar-refractivity contribution in [3.63, 3.8) is 0 Å². The van der Waals surface area contributed by atoms with E-state index >= 15 is 0 Å². The first-order chi connectivity index (χ1) is 14.3. The van der Waals surface area contributed by atoms with E-state index in [1.807, 2.05) is 31.2 Å². The summed E-state index contributed by atoms with van der Waals surface area (Å²) in [5.41, 5.74) is 3.53. The first kappa shape index (κ1) is 20.2. The lowest BCUT2D eigenvalue weighted by Gasteiger charge is -2.17. The second-order valence-electron chi connectivity index (χ2n) is 7.35. The molecule has 2 heterocycles. The minimum Gasteiger partial charge on any atom is -0.338 e. The Morgan fingerprint density at radius 3 is 2.63 bits per heavy atom. The van der Waals surface area contributed by atoms with E-state index in [0.29, 0.717) is 18.8 Å². The van der Waals surface area contributed by atoms with E-state index in [1.54, 1.807) is 17.0 Å². The summed E-state index contributed by atoms with van der Waals surface area (Å²) < 4.78 is 32.5. The quantitative estimate of drug-likeness (QED) is 0.622. The Hall–Kier alpha value is -3.04. The highest BCUT2D eigenvalue weighted by Crippen LogP contribution is 2.31. The number of carbonyl (C=O) groups is 1. The van der Waals surface area contributed by atoms with Gasteiger partial charge in [0.15, 0.2) is 0 Å². The van der Waals surface area contributed by atoms with Gasteiger partial charge < -0.3 is 9.42 Å². The summed E-state index contributed by atoms with van der Waals surface area (Å²) in [6.07, 6.45) is 0.631. The molecule has 4 rings (SSSR count). The number of hydrogen-bond donors (Lipinski definition) is 0. The van der Waals surface area contributed by atoms with Crippen LogP contribution in [0.25, 0.3) is 11.4 Å². The Labute approximate surface area is 175 Å². The van der Waals surface area contributed by atoms with Gasteiger partial charge in [-0.1, -0.05) is 35.0 Å². The molecule has 0 radical (unpaired) electrons. The van der Waals surface area contributed by atoms with E-state index in [9.17, 15) is 13.2 Å². The van der Waals surface area contributed by atoms with E-state index in [4.69, 9.17) is 4.52 Å². The zero-order chi connectivity index (χ0) is 21.5. The number of amides is 1. The Kier molecular flexibility index (Phi) is 5.17. The van der Waals surface area contributed by atoms with Crippen LogP contribution in [0, 0.1) is 6.92 Å². The minimum atomic E-state index is -3.76. The molecule has 0 saturated carbocycles. The Balaban J connectivity index is 1.53. The third-order valence-electron chi connectivity index (χ3n) is 5.17. The zero-order valence-electron chi connectivity index (χ0n) is 17.0. The standard InChI is InChI=1S/C21H22N4O4S/c1-14-4-6-16(7-5-14)21-22-20(29-23-21)13-24(3)30(27,28)18-8-9-19-17(12-18)10-11-25(19)15(2)26/h4-9,12H,10-11,13H2,1-3H3. The summed E-state index contributed by atoms with van der Waals surface area (Å²) >= 11 is 0. The van der Waals surface area contributed by atoms with Crippen LogP contribution in [0.15, 0.2) is 51.9 Å². The highest BCUT2D eigenvalue weighted by atomic mass is 32.2. The third-order valence-corrected chi connectivity index (χ3v) is 6.97. The molecule has 1 amide bonds. The average Bonchev–Trinajstić information content (AvgIpc) is 3.35. The van der Waals surface area contributed by atoms with Crippen molar-refractivity contribution < 1.29 is 17.7 Å². The maximum atomic E-state index is 13.0. The highest BCUT2D eigenvalue weighted by Gasteiger charge is 2.27. The molecule has 0 atom stereocenters. The number of carbonyl (C=O) groups excluding carboxylic acids is 1. The van der Waals surface area contributed by atoms with Gasteiger partial charge in [-0.25, -0.2) is 8.42 Å². The van der Waals surface area contributed by atoms with Gasteiger partial charge in [-0.3, -0.25) is 4.79 Å². The second-order valence-corrected chi connectivity index (χ2v) is 9.39. The predicted octanol–water partition coefficient (Wildman–Crippen LogP) is 2.77. The molecule has 9 heteroatoms. The van der Waals surface area contributed by atoms with E-state index in [1.165, 1.54) is 24.3 Å². The summed E-state index contributed by atoms with van der Waals surface area (Å²) in [6, 6.07) is 12.5. The molecule has 2 aromatic carbocycles. The molecule has 1 aliphatic heterocycles. The van der Waals surface area contributed by atoms with Crippen LogP contribution >= 0.6 is 0 Å². The number of benzene rings is 2. The molecule has 30 heavy (non-hydrogen) atoms. The Morgan fingerprint density at radius 1 is 1.20 bits per heavy atom. The molecule has 0 spiro atoms. The number of aromatic nitrogens is 2. The van der Waals surface area contributed by atoms with Crippen molar-refractivity contribution in [2.75, 3.05) is 18.5 Å². The van der Waals surface area contributed by atoms with Crippen LogP contribution in [0.3, 0.4) is 0 Å². The Bertz CT molecular complexity index is 1200. The molecule has 8 nitrogen and oxygen atoms in total. The van der Waals surface area contributed by atoms with E-state index < -0.39 is 10.0 Å². The number of anilines is 1. The van der Waals surface area contributed by atoms with Crippen molar-refractivity contribution in [1.29, 1.82) is 0 Å². The average molecular weight is 426 g/mol. The molecule has 0 fully saturated rings. The van der Waals surface area contributed by atoms with Gasteiger partial charge in [0, 0.05) is 31.8 Å². The fourth-order valence-corrected chi connectivity index (χ4v) is 4.63. The summed E-state index contributed by atoms with van der Waals surface area (Å²) in [6.45, 7) is 4.01. The van der Waals surface area contributed by atoms with E-state index in [-0.39, 0.29) is 23.2 Å². The topological polar surface area (TPSA) is 96.6 Å². The molecular weight excluding hydrogens is 404 g/mol. The number of nitrogens with zero attached hydrogens (tertiary/aromatic N) is 4. The van der Waals surface area contributed by atoms with Crippen LogP contribution in [-0.4, -0.2) is 42.4 Å². The van der Waals surface area contributed by atoms with Crippen molar-refractivity contribution >= 4 is 21.6 Å². The van der Waals surface area contributed by atoms with Gasteiger partial charge in [-0.15, -0.1) is 0 Å². The van der Waals surface area contributed by atoms with Crippen molar-refractivity contribution in [3.8, 4) is 11.4 Å². The van der Waals surface area contributed by atoms with Gasteiger partial charge in [-0.05, 0) is 37.1 Å². The van der Waals surface area contributed by atoms with Crippen LogP contribution < -0.4 is 4.90 Å². The van der Waals surface area contributed by atoms with Crippen LogP contribution in [0.5, 0.6) is 0 Å². The van der Waals surface area contributed by atoms with Crippen molar-refractivity contribution in [1.82, 2.24) is 14.4 Å². The van der Waals surface area contributed by atoms with Gasteiger partial charge in [0.25, 0.3) is 0 Å². The predicted molar refractivity (Wildman–Crippen MR) is 111 cm³/mol. The number of hydrogen-bond acceptors (Lipinski definition) is 6. The molecular formula is C21H22N4O4S. The monoisotopic (exact) mass is 426 g/mol. The van der Waals surface area contributed by atoms with Crippen molar-refractivity contribution in [2.24, 2.45) is 0 Å². The molecule has 0 bridgehead atoms. The van der Waals surface area contributed by atoms with Crippen LogP contribution in [0.1, 0.15) is 23.9 Å². The number of fused-ring (bicyclic) bond motifs is 1. The maximum absolute atomic E-state index is 13.0. The molecule has 0 unspecified atom stereocenters. The number of rotatable bonds is 5. The van der Waals surface area contributed by atoms with Gasteiger partial charge in [-0.2, -0.15) is 9.29 Å². The van der Waals surface area contributed by atoms with Crippen LogP contribution in [0.4, 0.5) is 5.69 Å². The fraction of sp³-hybridized carbons (Fsp3) is 0.286. The Morgan fingerprint density at radius 2 is 1.93 bits per heavy atom. The third kappa shape index (κ3) is 3.73. The molecule has 1 aliphatic rings. The molecule has 3 aromatic rings. The lowest BCUT2D eigenvalue weighted by Crippen LogP contribution is -2.27. The summed E-state index contributed by atoms with van der Waals surface area (Å²) in [7, 11) is -2.28. The molecule has 0 aliphatic carbocycles. The normalized spacial score (nSPS) is 13.7. The SMILES string of the molecule is CC(=O)N1CCc2cc(S(=O)(=O)N(C)Cc3nc(-c4ccc(C)cc4)no3)ccc21. The minimum absolute atomic E-state index is 0.0438. The van der Waals surface area contributed by atoms with Gasteiger partial charge in [0.2, 0.25) is 27.6 Å². The smallest absolute Gasteiger partial charge is 0.243 e. The highest BCUT2D eigenvalue weighted by molar-refractivity contribution is 7.89. The van der Waals surface area contributed by atoms with Gasteiger partial charge in [0.05, 0.1) is 11.4 Å². The van der Waals surface area contributed by atoms with Crippen molar-refractivity contribution in [2.45, 2.75) is 31.7 Å². The van der Waals surface area contributed by atoms with Gasteiger partial charge in [0.1, 0.15) is 0 Å². The maximum Gasteiger partial charge on any atom is 0.243 e. The summed E-state index contributed by atoms with van der Waals surface area (Å²) in [5, 5.41) is 3.95. The first-order valence-electron chi connectivity index (χ1n) is 9.53. The second kappa shape index (κ2) is 7.66. The van der Waals surface area contributed by atoms with Gasteiger partial charge >= 0.3 is 0 Å². The largest absolute Gasteiger partial charge is 0.338 e. The van der Waals surface area contributed by atoms with E-state index in [0.717, 1.165) is 22.4 Å². The molecule has 156 valence electrons. The zero-order valence-corrected chi connectivity index (χ0v) is 17.8. The number of aryl methyl sites for hydroxylation is 1. The lowest BCUT2D eigenvalue weighted by molar-refractivity contribution is -0.116. The molecule has 0 N–H and O–H groups in total. The lowest BCUT2D eigenvalue weighted by atomic mass is 10.1. The van der Waals surface area contributed by atoms with Crippen LogP contribution in [0.2, 0.25) is 0 Å². The molecule has 1 aromatic heterocycles.